The predicted octanol–water partition coefficient (Wildman–Crippen LogP) is 6.14. The molecule has 5 rings (SSSR count). The Labute approximate surface area is 124 Å². The van der Waals surface area contributed by atoms with Crippen LogP contribution in [0.15, 0.2) is 63.4 Å². The fourth-order valence-electron chi connectivity index (χ4n) is 2.98. The molecule has 2 aromatic heterocycles. The maximum Gasteiger partial charge on any atom is 0.153 e. The topological polar surface area (TPSA) is 26.3 Å². The number of benzene rings is 3. The van der Waals surface area contributed by atoms with E-state index < -0.39 is 0 Å². The van der Waals surface area contributed by atoms with Gasteiger partial charge in [0.2, 0.25) is 0 Å². The quantitative estimate of drug-likeness (QED) is 0.343. The fraction of sp³-hybridized carbons (Fsp3) is 0. The first kappa shape index (κ1) is 11.2. The first-order valence-electron chi connectivity index (χ1n) is 6.73. The lowest BCUT2D eigenvalue weighted by molar-refractivity contribution is 0.656. The Kier molecular flexibility index (Phi) is 2.04. The number of furan rings is 2. The van der Waals surface area contributed by atoms with Crippen molar-refractivity contribution in [1.82, 2.24) is 0 Å². The molecule has 0 aliphatic carbocycles. The van der Waals surface area contributed by atoms with E-state index in [0.29, 0.717) is 5.02 Å². The molecule has 0 bridgehead atoms. The molecule has 0 saturated carbocycles. The van der Waals surface area contributed by atoms with Crippen molar-refractivity contribution in [2.45, 2.75) is 0 Å². The lowest BCUT2D eigenvalue weighted by atomic mass is 10.1. The van der Waals surface area contributed by atoms with Crippen LogP contribution in [0.4, 0.5) is 0 Å². The zero-order chi connectivity index (χ0) is 14.0. The van der Waals surface area contributed by atoms with Crippen LogP contribution in [0.2, 0.25) is 5.02 Å². The van der Waals surface area contributed by atoms with Crippen LogP contribution in [0.1, 0.15) is 0 Å². The van der Waals surface area contributed by atoms with E-state index in [4.69, 9.17) is 20.4 Å². The fourth-order valence-corrected chi connectivity index (χ4v) is 3.20. The number of para-hydroxylation sites is 2. The summed E-state index contributed by atoms with van der Waals surface area (Å²) < 4.78 is 11.8. The predicted molar refractivity (Wildman–Crippen MR) is 86.0 cm³/mol. The minimum Gasteiger partial charge on any atom is -0.456 e. The van der Waals surface area contributed by atoms with Crippen molar-refractivity contribution in [3.8, 4) is 0 Å². The summed E-state index contributed by atoms with van der Waals surface area (Å²) in [7, 11) is 0. The van der Waals surface area contributed by atoms with E-state index >= 15 is 0 Å². The molecule has 100 valence electrons. The van der Waals surface area contributed by atoms with Crippen molar-refractivity contribution < 1.29 is 8.83 Å². The van der Waals surface area contributed by atoms with Crippen molar-refractivity contribution in [2.24, 2.45) is 0 Å². The normalized spacial score (nSPS) is 12.0. The third-order valence-electron chi connectivity index (χ3n) is 3.95. The van der Waals surface area contributed by atoms with Gasteiger partial charge in [0.15, 0.2) is 5.58 Å². The largest absolute Gasteiger partial charge is 0.456 e. The first-order valence-corrected chi connectivity index (χ1v) is 7.11. The van der Waals surface area contributed by atoms with E-state index in [2.05, 4.69) is 12.1 Å². The number of hydrogen-bond donors (Lipinski definition) is 0. The van der Waals surface area contributed by atoms with Gasteiger partial charge in [-0.3, -0.25) is 0 Å². The van der Waals surface area contributed by atoms with E-state index in [1.165, 1.54) is 0 Å². The van der Waals surface area contributed by atoms with Crippen molar-refractivity contribution in [1.29, 1.82) is 0 Å². The molecule has 5 aromatic rings. The van der Waals surface area contributed by atoms with Crippen molar-refractivity contribution in [3.05, 3.63) is 59.6 Å². The molecular formula is C18H9ClO2. The van der Waals surface area contributed by atoms with E-state index in [1.807, 2.05) is 42.5 Å². The standard InChI is InChI=1S/C18H9ClO2/c19-14-6-3-5-11-13-8-12-10-4-1-2-7-15(10)20-16(12)9-17(13)21-18(11)14/h1-9H. The summed E-state index contributed by atoms with van der Waals surface area (Å²) >= 11 is 6.21. The average molecular weight is 293 g/mol. The van der Waals surface area contributed by atoms with Gasteiger partial charge in [-0.05, 0) is 18.2 Å². The van der Waals surface area contributed by atoms with Gasteiger partial charge in [0.1, 0.15) is 16.7 Å². The van der Waals surface area contributed by atoms with Crippen LogP contribution in [-0.4, -0.2) is 0 Å². The summed E-state index contributed by atoms with van der Waals surface area (Å²) in [5.41, 5.74) is 3.25. The lowest BCUT2D eigenvalue weighted by Gasteiger charge is -1.91. The highest BCUT2D eigenvalue weighted by Gasteiger charge is 2.14. The molecule has 0 aliphatic heterocycles. The smallest absolute Gasteiger partial charge is 0.153 e. The zero-order valence-corrected chi connectivity index (χ0v) is 11.6. The molecule has 21 heavy (non-hydrogen) atoms. The summed E-state index contributed by atoms with van der Waals surface area (Å²) in [6.45, 7) is 0. The highest BCUT2D eigenvalue weighted by molar-refractivity contribution is 6.36. The Hall–Kier alpha value is -2.45. The van der Waals surface area contributed by atoms with Gasteiger partial charge >= 0.3 is 0 Å². The highest BCUT2D eigenvalue weighted by atomic mass is 35.5. The molecule has 0 atom stereocenters. The molecule has 2 nitrogen and oxygen atoms in total. The molecule has 0 N–H and O–H groups in total. The highest BCUT2D eigenvalue weighted by Crippen LogP contribution is 2.38. The van der Waals surface area contributed by atoms with Gasteiger partial charge in [0.05, 0.1) is 5.02 Å². The number of rotatable bonds is 0. The van der Waals surface area contributed by atoms with E-state index in [0.717, 1.165) is 43.9 Å². The Bertz CT molecular complexity index is 1150. The summed E-state index contributed by atoms with van der Waals surface area (Å²) in [6.07, 6.45) is 0. The molecule has 0 fully saturated rings. The Morgan fingerprint density at radius 1 is 0.619 bits per heavy atom. The Morgan fingerprint density at radius 2 is 1.38 bits per heavy atom. The number of hydrogen-bond acceptors (Lipinski definition) is 2. The van der Waals surface area contributed by atoms with Gasteiger partial charge in [-0.2, -0.15) is 0 Å². The van der Waals surface area contributed by atoms with Crippen molar-refractivity contribution in [2.75, 3.05) is 0 Å². The second-order valence-electron chi connectivity index (χ2n) is 5.16. The average Bonchev–Trinajstić information content (AvgIpc) is 3.04. The van der Waals surface area contributed by atoms with Crippen LogP contribution in [0.25, 0.3) is 43.9 Å². The van der Waals surface area contributed by atoms with Gasteiger partial charge in [0.25, 0.3) is 0 Å². The molecule has 0 saturated heterocycles. The van der Waals surface area contributed by atoms with Crippen LogP contribution in [-0.2, 0) is 0 Å². The number of halogens is 1. The summed E-state index contributed by atoms with van der Waals surface area (Å²) in [6, 6.07) is 17.9. The van der Waals surface area contributed by atoms with Gasteiger partial charge in [-0.1, -0.05) is 41.9 Å². The zero-order valence-electron chi connectivity index (χ0n) is 10.9. The first-order chi connectivity index (χ1) is 10.3. The third kappa shape index (κ3) is 1.43. The maximum atomic E-state index is 6.21. The molecule has 3 heteroatoms. The summed E-state index contributed by atoms with van der Waals surface area (Å²) in [5, 5.41) is 4.94. The second kappa shape index (κ2) is 3.80. The Balaban J connectivity index is 2.04. The molecule has 2 heterocycles. The molecule has 0 amide bonds. The summed E-state index contributed by atoms with van der Waals surface area (Å²) in [4.78, 5) is 0. The molecule has 0 aliphatic rings. The molecular weight excluding hydrogens is 284 g/mol. The molecule has 0 unspecified atom stereocenters. The van der Waals surface area contributed by atoms with Crippen molar-refractivity contribution >= 4 is 55.5 Å². The summed E-state index contributed by atoms with van der Waals surface area (Å²) in [5.74, 6) is 0. The lowest BCUT2D eigenvalue weighted by Crippen LogP contribution is -1.69. The molecule has 0 radical (unpaired) electrons. The van der Waals surface area contributed by atoms with E-state index in [1.54, 1.807) is 0 Å². The van der Waals surface area contributed by atoms with Gasteiger partial charge in [-0.25, -0.2) is 0 Å². The van der Waals surface area contributed by atoms with Crippen molar-refractivity contribution in [3.63, 3.8) is 0 Å². The minimum atomic E-state index is 0.630. The van der Waals surface area contributed by atoms with E-state index in [-0.39, 0.29) is 0 Å². The van der Waals surface area contributed by atoms with Gasteiger partial charge < -0.3 is 8.83 Å². The van der Waals surface area contributed by atoms with E-state index in [9.17, 15) is 0 Å². The van der Waals surface area contributed by atoms with Gasteiger partial charge in [-0.15, -0.1) is 0 Å². The molecule has 0 spiro atoms. The second-order valence-corrected chi connectivity index (χ2v) is 5.57. The van der Waals surface area contributed by atoms with Crippen LogP contribution in [0, 0.1) is 0 Å². The SMILES string of the molecule is Clc1cccc2c1oc1cc3oc4ccccc4c3cc12. The van der Waals surface area contributed by atoms with Crippen LogP contribution in [0.5, 0.6) is 0 Å². The monoisotopic (exact) mass is 292 g/mol. The van der Waals surface area contributed by atoms with Crippen LogP contribution < -0.4 is 0 Å². The minimum absolute atomic E-state index is 0.630. The third-order valence-corrected chi connectivity index (χ3v) is 4.25. The van der Waals surface area contributed by atoms with Crippen LogP contribution >= 0.6 is 11.6 Å². The maximum absolute atomic E-state index is 6.21. The number of fused-ring (bicyclic) bond motifs is 6. The van der Waals surface area contributed by atoms with Crippen LogP contribution in [0.3, 0.4) is 0 Å². The van der Waals surface area contributed by atoms with Gasteiger partial charge in [0, 0.05) is 27.6 Å². The Morgan fingerprint density at radius 3 is 2.33 bits per heavy atom. The molecule has 3 aromatic carbocycles.